The van der Waals surface area contributed by atoms with Crippen LogP contribution in [-0.4, -0.2) is 42.7 Å². The molecule has 13 heavy (non-hydrogen) atoms. The lowest BCUT2D eigenvalue weighted by molar-refractivity contribution is -0.157. The monoisotopic (exact) mass is 187 g/mol. The molecular formula is C8H13NO4. The van der Waals surface area contributed by atoms with Crippen LogP contribution in [0.15, 0.2) is 0 Å². The molecule has 0 amide bonds. The highest BCUT2D eigenvalue weighted by atomic mass is 16.5. The first-order valence-corrected chi connectivity index (χ1v) is 4.28. The van der Waals surface area contributed by atoms with E-state index in [0.29, 0.717) is 6.29 Å². The Hall–Kier alpha value is -0.940. The molecule has 0 aromatic heterocycles. The molecule has 0 spiro atoms. The van der Waals surface area contributed by atoms with Crippen LogP contribution in [0, 0.1) is 0 Å². The Balaban J connectivity index is 2.35. The molecule has 1 unspecified atom stereocenters. The van der Waals surface area contributed by atoms with Gasteiger partial charge >= 0.3 is 5.97 Å². The molecule has 0 aromatic carbocycles. The lowest BCUT2D eigenvalue weighted by atomic mass is 10.1. The number of aldehydes is 1. The molecule has 1 saturated heterocycles. The van der Waals surface area contributed by atoms with E-state index in [4.69, 9.17) is 9.84 Å². The minimum absolute atomic E-state index is 0.104. The van der Waals surface area contributed by atoms with Gasteiger partial charge in [0, 0.05) is 0 Å². The zero-order valence-electron chi connectivity index (χ0n) is 7.23. The molecule has 1 atom stereocenters. The maximum Gasteiger partial charge on any atom is 0.340 e. The number of hydrogen-bond acceptors (Lipinski definition) is 4. The number of carbonyl (C=O) groups is 2. The molecule has 1 heterocycles. The van der Waals surface area contributed by atoms with Gasteiger partial charge in [-0.2, -0.15) is 0 Å². The van der Waals surface area contributed by atoms with Crippen molar-refractivity contribution in [1.82, 2.24) is 5.32 Å². The van der Waals surface area contributed by atoms with E-state index >= 15 is 0 Å². The summed E-state index contributed by atoms with van der Waals surface area (Å²) in [5.74, 6) is -1.21. The van der Waals surface area contributed by atoms with Gasteiger partial charge in [0.05, 0.1) is 6.10 Å². The van der Waals surface area contributed by atoms with Crippen molar-refractivity contribution in [2.24, 2.45) is 0 Å². The Morgan fingerprint density at radius 1 is 1.54 bits per heavy atom. The highest BCUT2D eigenvalue weighted by Gasteiger charge is 2.23. The zero-order chi connectivity index (χ0) is 9.68. The van der Waals surface area contributed by atoms with E-state index in [1.807, 2.05) is 0 Å². The summed E-state index contributed by atoms with van der Waals surface area (Å²) in [6.07, 6.45) is 0.440. The third-order valence-corrected chi connectivity index (χ3v) is 1.99. The van der Waals surface area contributed by atoms with Crippen LogP contribution in [0.25, 0.3) is 0 Å². The van der Waals surface area contributed by atoms with Crippen molar-refractivity contribution in [3.05, 3.63) is 0 Å². The van der Waals surface area contributed by atoms with Crippen molar-refractivity contribution in [3.63, 3.8) is 0 Å². The second kappa shape index (κ2) is 4.94. The van der Waals surface area contributed by atoms with Crippen LogP contribution < -0.4 is 5.32 Å². The summed E-state index contributed by atoms with van der Waals surface area (Å²) in [5, 5.41) is 11.7. The van der Waals surface area contributed by atoms with Crippen LogP contribution >= 0.6 is 0 Å². The number of carboxylic acids is 1. The number of rotatable bonds is 4. The minimum Gasteiger partial charge on any atom is -0.479 e. The summed E-state index contributed by atoms with van der Waals surface area (Å²) in [4.78, 5) is 20.7. The van der Waals surface area contributed by atoms with Gasteiger partial charge in [-0.15, -0.1) is 0 Å². The van der Waals surface area contributed by atoms with Gasteiger partial charge in [0.15, 0.2) is 6.29 Å². The van der Waals surface area contributed by atoms with Gasteiger partial charge in [-0.05, 0) is 25.9 Å². The van der Waals surface area contributed by atoms with Gasteiger partial charge in [0.2, 0.25) is 6.10 Å². The quantitative estimate of drug-likeness (QED) is 0.454. The average Bonchev–Trinajstić information content (AvgIpc) is 2.15. The van der Waals surface area contributed by atoms with Crippen molar-refractivity contribution in [1.29, 1.82) is 0 Å². The lowest BCUT2D eigenvalue weighted by Crippen LogP contribution is -2.37. The van der Waals surface area contributed by atoms with Crippen LogP contribution in [0.5, 0.6) is 0 Å². The summed E-state index contributed by atoms with van der Waals surface area (Å²) in [7, 11) is 0. The molecule has 1 rings (SSSR count). The van der Waals surface area contributed by atoms with Crippen molar-refractivity contribution in [2.45, 2.75) is 25.0 Å². The van der Waals surface area contributed by atoms with Crippen LogP contribution in [0.1, 0.15) is 12.8 Å². The van der Waals surface area contributed by atoms with Gasteiger partial charge in [-0.1, -0.05) is 0 Å². The predicted octanol–water partition coefficient (Wildman–Crippen LogP) is -0.593. The number of nitrogens with one attached hydrogen (secondary N) is 1. The first kappa shape index (κ1) is 10.1. The first-order valence-electron chi connectivity index (χ1n) is 4.28. The number of aliphatic carboxylic acids is 1. The number of ether oxygens (including phenoxy) is 1. The predicted molar refractivity (Wildman–Crippen MR) is 44.5 cm³/mol. The third-order valence-electron chi connectivity index (χ3n) is 1.99. The van der Waals surface area contributed by atoms with Crippen LogP contribution in [-0.2, 0) is 14.3 Å². The molecule has 1 fully saturated rings. The van der Waals surface area contributed by atoms with E-state index in [1.165, 1.54) is 0 Å². The normalized spacial score (nSPS) is 20.9. The van der Waals surface area contributed by atoms with Crippen molar-refractivity contribution >= 4 is 12.3 Å². The van der Waals surface area contributed by atoms with Crippen molar-refractivity contribution in [2.75, 3.05) is 13.1 Å². The fraction of sp³-hybridized carbons (Fsp3) is 0.750. The Morgan fingerprint density at radius 3 is 2.62 bits per heavy atom. The topological polar surface area (TPSA) is 75.6 Å². The van der Waals surface area contributed by atoms with Crippen molar-refractivity contribution in [3.8, 4) is 0 Å². The van der Waals surface area contributed by atoms with Gasteiger partial charge in [-0.25, -0.2) is 4.79 Å². The SMILES string of the molecule is O=CC(OC1CCNCC1)C(=O)O. The Bertz CT molecular complexity index is 189. The van der Waals surface area contributed by atoms with Gasteiger partial charge in [-0.3, -0.25) is 4.79 Å². The molecule has 5 nitrogen and oxygen atoms in total. The molecule has 5 heteroatoms. The molecule has 74 valence electrons. The second-order valence-corrected chi connectivity index (χ2v) is 2.98. The number of piperidine rings is 1. The minimum atomic E-state index is -1.30. The Morgan fingerprint density at radius 2 is 2.15 bits per heavy atom. The molecule has 2 N–H and O–H groups in total. The maximum absolute atomic E-state index is 10.4. The summed E-state index contributed by atoms with van der Waals surface area (Å²) < 4.78 is 5.09. The van der Waals surface area contributed by atoms with Crippen LogP contribution in [0.4, 0.5) is 0 Å². The van der Waals surface area contributed by atoms with Gasteiger partial charge in [0.25, 0.3) is 0 Å². The summed E-state index contributed by atoms with van der Waals surface area (Å²) in [5.41, 5.74) is 0. The standard InChI is InChI=1S/C8H13NO4/c10-5-7(8(11)12)13-6-1-3-9-4-2-6/h5-7,9H,1-4H2,(H,11,12). The molecule has 0 saturated carbocycles. The fourth-order valence-electron chi connectivity index (χ4n) is 1.29. The van der Waals surface area contributed by atoms with E-state index in [9.17, 15) is 9.59 Å². The van der Waals surface area contributed by atoms with E-state index in [2.05, 4.69) is 5.32 Å². The molecule has 0 aliphatic carbocycles. The molecule has 1 aliphatic rings. The van der Waals surface area contributed by atoms with E-state index in [0.717, 1.165) is 25.9 Å². The van der Waals surface area contributed by atoms with E-state index < -0.39 is 12.1 Å². The van der Waals surface area contributed by atoms with Crippen LogP contribution in [0.3, 0.4) is 0 Å². The summed E-state index contributed by atoms with van der Waals surface area (Å²) in [6.45, 7) is 1.63. The second-order valence-electron chi connectivity index (χ2n) is 2.98. The van der Waals surface area contributed by atoms with Crippen LogP contribution in [0.2, 0.25) is 0 Å². The van der Waals surface area contributed by atoms with E-state index in [1.54, 1.807) is 0 Å². The summed E-state index contributed by atoms with van der Waals surface area (Å²) >= 11 is 0. The average molecular weight is 187 g/mol. The maximum atomic E-state index is 10.4. The molecule has 0 radical (unpaired) electrons. The highest BCUT2D eigenvalue weighted by molar-refractivity contribution is 5.89. The molecule has 0 bridgehead atoms. The lowest BCUT2D eigenvalue weighted by Gasteiger charge is -2.24. The largest absolute Gasteiger partial charge is 0.479 e. The highest BCUT2D eigenvalue weighted by Crippen LogP contribution is 2.09. The Kier molecular flexibility index (Phi) is 3.85. The number of carbonyl (C=O) groups excluding carboxylic acids is 1. The smallest absolute Gasteiger partial charge is 0.340 e. The van der Waals surface area contributed by atoms with Gasteiger partial charge < -0.3 is 15.2 Å². The third kappa shape index (κ3) is 3.12. The molecule has 1 aliphatic heterocycles. The Labute approximate surface area is 76.1 Å². The summed E-state index contributed by atoms with van der Waals surface area (Å²) in [6, 6.07) is 0. The van der Waals surface area contributed by atoms with E-state index in [-0.39, 0.29) is 6.10 Å². The fourth-order valence-corrected chi connectivity index (χ4v) is 1.29. The molecule has 0 aromatic rings. The number of hydrogen-bond donors (Lipinski definition) is 2. The van der Waals surface area contributed by atoms with Gasteiger partial charge in [0.1, 0.15) is 0 Å². The van der Waals surface area contributed by atoms with Crippen molar-refractivity contribution < 1.29 is 19.4 Å². The molecular weight excluding hydrogens is 174 g/mol. The number of carboxylic acid groups (broad SMARTS) is 1. The zero-order valence-corrected chi connectivity index (χ0v) is 7.23. The first-order chi connectivity index (χ1) is 6.24.